The Morgan fingerprint density at radius 3 is 2.46 bits per heavy atom. The number of sulfonamides is 1. The molecule has 0 radical (unpaired) electrons. The first-order valence-electron chi connectivity index (χ1n) is 7.56. The monoisotopic (exact) mass is 409 g/mol. The van der Waals surface area contributed by atoms with Crippen LogP contribution in [0.15, 0.2) is 47.5 Å². The normalized spacial score (nSPS) is 10.6. The molecule has 0 bridgehead atoms. The molecule has 0 unspecified atom stereocenters. The minimum absolute atomic E-state index is 0.0988. The summed E-state index contributed by atoms with van der Waals surface area (Å²) < 4.78 is 36.0. The number of methoxy groups -OCH3 is 1. The second-order valence-electron chi connectivity index (χ2n) is 5.12. The number of carboxylic acid groups (broad SMARTS) is 1. The van der Waals surface area contributed by atoms with Gasteiger partial charge in [-0.2, -0.15) is 0 Å². The van der Waals surface area contributed by atoms with Crippen LogP contribution >= 0.6 is 0 Å². The van der Waals surface area contributed by atoms with Gasteiger partial charge in [0.15, 0.2) is 5.75 Å². The molecule has 0 fully saturated rings. The first kappa shape index (κ1) is 20.6. The third kappa shape index (κ3) is 5.41. The number of hydrogen-bond acceptors (Lipinski definition) is 8. The maximum Gasteiger partial charge on any atom is 0.414 e. The van der Waals surface area contributed by atoms with Crippen molar-refractivity contribution in [3.05, 3.63) is 48.2 Å². The highest BCUT2D eigenvalue weighted by Gasteiger charge is 2.21. The lowest BCUT2D eigenvalue weighted by Gasteiger charge is -2.10. The molecule has 0 atom stereocenters. The number of carboxylic acids is 1. The van der Waals surface area contributed by atoms with E-state index in [1.54, 1.807) is 6.07 Å². The van der Waals surface area contributed by atoms with Crippen LogP contribution in [0.1, 0.15) is 10.4 Å². The van der Waals surface area contributed by atoms with E-state index in [1.807, 2.05) is 10.0 Å². The van der Waals surface area contributed by atoms with Gasteiger partial charge in [0, 0.05) is 12.3 Å². The molecule has 0 aliphatic rings. The number of benzene rings is 1. The Balaban J connectivity index is 2.15. The van der Waals surface area contributed by atoms with E-state index in [-0.39, 0.29) is 22.1 Å². The molecule has 2 amide bonds. The third-order valence-corrected chi connectivity index (χ3v) is 4.50. The van der Waals surface area contributed by atoms with Gasteiger partial charge in [0.1, 0.15) is 6.54 Å². The van der Waals surface area contributed by atoms with Crippen molar-refractivity contribution >= 4 is 28.0 Å². The van der Waals surface area contributed by atoms with Crippen LogP contribution in [0.4, 0.5) is 4.79 Å². The molecule has 12 heteroatoms. The highest BCUT2D eigenvalue weighted by molar-refractivity contribution is 7.90. The summed E-state index contributed by atoms with van der Waals surface area (Å²) in [6, 6.07) is 8.39. The molecule has 0 aliphatic carbocycles. The Labute approximate surface area is 159 Å². The van der Waals surface area contributed by atoms with Crippen LogP contribution in [-0.4, -0.2) is 50.1 Å². The first-order valence-corrected chi connectivity index (χ1v) is 9.05. The number of nitrogens with zero attached hydrogens (tertiary/aromatic N) is 1. The Bertz CT molecular complexity index is 992. The zero-order valence-electron chi connectivity index (χ0n) is 14.4. The topological polar surface area (TPSA) is 161 Å². The summed E-state index contributed by atoms with van der Waals surface area (Å²) in [5.41, 5.74) is -0.172. The van der Waals surface area contributed by atoms with Crippen LogP contribution in [0.5, 0.6) is 11.6 Å². The van der Waals surface area contributed by atoms with Crippen LogP contribution < -0.4 is 19.5 Å². The largest absolute Gasteiger partial charge is 0.491 e. The first-order chi connectivity index (χ1) is 13.2. The predicted octanol–water partition coefficient (Wildman–Crippen LogP) is 0.382. The van der Waals surface area contributed by atoms with E-state index in [0.717, 1.165) is 12.3 Å². The van der Waals surface area contributed by atoms with Gasteiger partial charge >= 0.3 is 12.1 Å². The highest BCUT2D eigenvalue weighted by atomic mass is 32.2. The Hall–Kier alpha value is -3.67. The quantitative estimate of drug-likeness (QED) is 0.587. The van der Waals surface area contributed by atoms with Crippen molar-refractivity contribution in [2.75, 3.05) is 13.7 Å². The maximum absolute atomic E-state index is 12.2. The van der Waals surface area contributed by atoms with E-state index in [2.05, 4.69) is 4.98 Å². The average Bonchev–Trinajstić information content (AvgIpc) is 2.67. The van der Waals surface area contributed by atoms with Gasteiger partial charge in [-0.05, 0) is 12.1 Å². The lowest BCUT2D eigenvalue weighted by Crippen LogP contribution is -2.32. The summed E-state index contributed by atoms with van der Waals surface area (Å²) in [6.45, 7) is -0.668. The van der Waals surface area contributed by atoms with Crippen LogP contribution in [0.25, 0.3) is 0 Å². The fourth-order valence-electron chi connectivity index (χ4n) is 1.89. The minimum atomic E-state index is -4.09. The Kier molecular flexibility index (Phi) is 6.50. The number of hydrogen-bond donors (Lipinski definition) is 3. The number of pyridine rings is 1. The van der Waals surface area contributed by atoms with E-state index in [0.29, 0.717) is 0 Å². The van der Waals surface area contributed by atoms with Crippen molar-refractivity contribution in [1.29, 1.82) is 0 Å². The number of nitrogens with one attached hydrogen (secondary N) is 2. The van der Waals surface area contributed by atoms with Crippen molar-refractivity contribution in [1.82, 2.24) is 15.0 Å². The van der Waals surface area contributed by atoms with Gasteiger partial charge < -0.3 is 19.9 Å². The number of aliphatic carboxylic acids is 1. The molecule has 0 saturated heterocycles. The van der Waals surface area contributed by atoms with Gasteiger partial charge in [0.25, 0.3) is 21.8 Å². The number of ether oxygens (including phenoxy) is 2. The highest BCUT2D eigenvalue weighted by Crippen LogP contribution is 2.25. The van der Waals surface area contributed by atoms with Crippen molar-refractivity contribution in [3.63, 3.8) is 0 Å². The molecule has 1 aromatic carbocycles. The van der Waals surface area contributed by atoms with Crippen LogP contribution in [0, 0.1) is 0 Å². The van der Waals surface area contributed by atoms with Crippen molar-refractivity contribution < 1.29 is 37.4 Å². The second-order valence-corrected chi connectivity index (χ2v) is 6.80. The predicted molar refractivity (Wildman–Crippen MR) is 93.5 cm³/mol. The van der Waals surface area contributed by atoms with Crippen LogP contribution in [0.2, 0.25) is 0 Å². The van der Waals surface area contributed by atoms with Gasteiger partial charge in [0.05, 0.1) is 17.6 Å². The average molecular weight is 409 g/mol. The SMILES string of the molecule is COc1cc(C(=O)NS(=O)(=O)c2ccccc2)cnc1OC(=O)NCC(=O)O. The smallest absolute Gasteiger partial charge is 0.414 e. The molecule has 0 spiro atoms. The second kappa shape index (κ2) is 8.81. The van der Waals surface area contributed by atoms with E-state index in [9.17, 15) is 22.8 Å². The van der Waals surface area contributed by atoms with E-state index in [4.69, 9.17) is 14.6 Å². The van der Waals surface area contributed by atoms with E-state index < -0.39 is 34.5 Å². The van der Waals surface area contributed by atoms with Gasteiger partial charge in [0.2, 0.25) is 0 Å². The molecule has 148 valence electrons. The molecule has 2 aromatic rings. The van der Waals surface area contributed by atoms with Crippen molar-refractivity contribution in [3.8, 4) is 11.6 Å². The summed E-state index contributed by atoms with van der Waals surface area (Å²) in [7, 11) is -2.88. The van der Waals surface area contributed by atoms with E-state index >= 15 is 0 Å². The fraction of sp³-hybridized carbons (Fsp3) is 0.125. The van der Waals surface area contributed by atoms with Gasteiger partial charge in [-0.3, -0.25) is 9.59 Å². The van der Waals surface area contributed by atoms with Gasteiger partial charge in [-0.15, -0.1) is 0 Å². The third-order valence-electron chi connectivity index (χ3n) is 3.15. The zero-order chi connectivity index (χ0) is 20.7. The molecule has 2 rings (SSSR count). The number of amides is 2. The standard InChI is InChI=1S/C16H15N3O8S/c1-26-12-7-10(8-17-15(12)27-16(23)18-9-13(20)21)14(22)19-28(24,25)11-5-3-2-4-6-11/h2-8H,9H2,1H3,(H,18,23)(H,19,22)(H,20,21). The van der Waals surface area contributed by atoms with Crippen molar-refractivity contribution in [2.45, 2.75) is 4.90 Å². The maximum atomic E-state index is 12.2. The Morgan fingerprint density at radius 2 is 1.86 bits per heavy atom. The van der Waals surface area contributed by atoms with Gasteiger partial charge in [-0.25, -0.2) is 22.9 Å². The summed E-state index contributed by atoms with van der Waals surface area (Å²) in [4.78, 5) is 37.8. The fourth-order valence-corrected chi connectivity index (χ4v) is 2.89. The molecule has 3 N–H and O–H groups in total. The summed E-state index contributed by atoms with van der Waals surface area (Å²) in [5.74, 6) is -2.73. The minimum Gasteiger partial charge on any atom is -0.491 e. The summed E-state index contributed by atoms with van der Waals surface area (Å²) in [6.07, 6.45) is -0.130. The van der Waals surface area contributed by atoms with Crippen LogP contribution in [-0.2, 0) is 14.8 Å². The molecule has 11 nitrogen and oxygen atoms in total. The molecular formula is C16H15N3O8S. The summed E-state index contributed by atoms with van der Waals surface area (Å²) in [5, 5.41) is 10.5. The number of carbonyl (C=O) groups is 3. The zero-order valence-corrected chi connectivity index (χ0v) is 15.2. The molecular weight excluding hydrogens is 394 g/mol. The molecule has 0 saturated carbocycles. The Morgan fingerprint density at radius 1 is 1.18 bits per heavy atom. The molecule has 1 heterocycles. The summed E-state index contributed by atoms with van der Waals surface area (Å²) >= 11 is 0. The number of carbonyl (C=O) groups excluding carboxylic acids is 2. The number of aromatic nitrogens is 1. The number of rotatable bonds is 7. The molecule has 28 heavy (non-hydrogen) atoms. The lowest BCUT2D eigenvalue weighted by atomic mass is 10.2. The van der Waals surface area contributed by atoms with E-state index in [1.165, 1.54) is 31.4 Å². The van der Waals surface area contributed by atoms with Crippen LogP contribution in [0.3, 0.4) is 0 Å². The molecule has 1 aromatic heterocycles. The van der Waals surface area contributed by atoms with Gasteiger partial charge in [-0.1, -0.05) is 18.2 Å². The lowest BCUT2D eigenvalue weighted by molar-refractivity contribution is -0.135. The van der Waals surface area contributed by atoms with Crippen molar-refractivity contribution in [2.24, 2.45) is 0 Å². The molecule has 0 aliphatic heterocycles.